The second-order valence-corrected chi connectivity index (χ2v) is 4.35. The first-order valence-electron chi connectivity index (χ1n) is 5.34. The van der Waals surface area contributed by atoms with Crippen LogP contribution in [0.3, 0.4) is 0 Å². The number of furan rings is 1. The third kappa shape index (κ3) is 1.70. The molecule has 94 valence electrons. The number of benzene rings is 1. The molecule has 4 nitrogen and oxygen atoms in total. The Kier molecular flexibility index (Phi) is 2.10. The van der Waals surface area contributed by atoms with Crippen LogP contribution in [0.4, 0.5) is 14.5 Å². The molecular weight excluding hydrogens is 244 g/mol. The van der Waals surface area contributed by atoms with Crippen molar-refractivity contribution < 1.29 is 23.1 Å². The lowest BCUT2D eigenvalue weighted by Gasteiger charge is -2.40. The van der Waals surface area contributed by atoms with Gasteiger partial charge in [0.05, 0.1) is 13.1 Å². The minimum absolute atomic E-state index is 0.156. The second kappa shape index (κ2) is 3.44. The minimum Gasteiger partial charge on any atom is -0.475 e. The van der Waals surface area contributed by atoms with Gasteiger partial charge in [0.25, 0.3) is 5.92 Å². The number of hydrogen-bond donors (Lipinski definition) is 1. The molecule has 0 radical (unpaired) electrons. The summed E-state index contributed by atoms with van der Waals surface area (Å²) in [5.41, 5.74) is 1.000. The zero-order chi connectivity index (χ0) is 12.9. The molecule has 0 unspecified atom stereocenters. The first-order chi connectivity index (χ1) is 8.44. The molecule has 18 heavy (non-hydrogen) atoms. The number of alkyl halides is 2. The Morgan fingerprint density at radius 3 is 2.67 bits per heavy atom. The van der Waals surface area contributed by atoms with Gasteiger partial charge in [-0.2, -0.15) is 0 Å². The van der Waals surface area contributed by atoms with Crippen LogP contribution in [0.5, 0.6) is 0 Å². The molecular formula is C12H9F2NO3. The van der Waals surface area contributed by atoms with Crippen LogP contribution >= 0.6 is 0 Å². The van der Waals surface area contributed by atoms with Crippen molar-refractivity contribution in [1.82, 2.24) is 0 Å². The molecule has 1 aromatic carbocycles. The quantitative estimate of drug-likeness (QED) is 0.893. The highest BCUT2D eigenvalue weighted by atomic mass is 19.3. The van der Waals surface area contributed by atoms with Crippen LogP contribution < -0.4 is 4.90 Å². The van der Waals surface area contributed by atoms with E-state index in [4.69, 9.17) is 9.52 Å². The Bertz CT molecular complexity index is 627. The van der Waals surface area contributed by atoms with E-state index in [0.717, 1.165) is 0 Å². The topological polar surface area (TPSA) is 53.7 Å². The van der Waals surface area contributed by atoms with Crippen LogP contribution in [0.1, 0.15) is 10.6 Å². The van der Waals surface area contributed by atoms with Gasteiger partial charge in [-0.15, -0.1) is 0 Å². The van der Waals surface area contributed by atoms with Crippen LogP contribution in [0.25, 0.3) is 11.0 Å². The number of carbonyl (C=O) groups is 1. The highest BCUT2D eigenvalue weighted by Crippen LogP contribution is 2.33. The molecule has 0 bridgehead atoms. The van der Waals surface area contributed by atoms with Crippen molar-refractivity contribution in [3.8, 4) is 0 Å². The van der Waals surface area contributed by atoms with Gasteiger partial charge in [-0.05, 0) is 18.2 Å². The fourth-order valence-electron chi connectivity index (χ4n) is 2.02. The van der Waals surface area contributed by atoms with Gasteiger partial charge in [0, 0.05) is 17.1 Å². The summed E-state index contributed by atoms with van der Waals surface area (Å²) in [7, 11) is 0. The molecule has 0 amide bonds. The maximum Gasteiger partial charge on any atom is 0.371 e. The van der Waals surface area contributed by atoms with Gasteiger partial charge < -0.3 is 14.4 Å². The van der Waals surface area contributed by atoms with Crippen molar-refractivity contribution in [2.24, 2.45) is 0 Å². The zero-order valence-electron chi connectivity index (χ0n) is 9.19. The van der Waals surface area contributed by atoms with Crippen LogP contribution in [-0.4, -0.2) is 30.1 Å². The minimum atomic E-state index is -2.63. The van der Waals surface area contributed by atoms with Crippen molar-refractivity contribution in [3.63, 3.8) is 0 Å². The number of halogens is 2. The summed E-state index contributed by atoms with van der Waals surface area (Å²) < 4.78 is 30.6. The Morgan fingerprint density at radius 2 is 2.06 bits per heavy atom. The number of carboxylic acids is 1. The monoisotopic (exact) mass is 253 g/mol. The van der Waals surface area contributed by atoms with E-state index in [2.05, 4.69) is 0 Å². The van der Waals surface area contributed by atoms with Gasteiger partial charge in [-0.1, -0.05) is 0 Å². The molecule has 6 heteroatoms. The van der Waals surface area contributed by atoms with Crippen LogP contribution in [0, 0.1) is 0 Å². The molecule has 1 aliphatic rings. The highest BCUT2D eigenvalue weighted by molar-refractivity contribution is 5.92. The van der Waals surface area contributed by atoms with Crippen LogP contribution in [0.2, 0.25) is 0 Å². The Morgan fingerprint density at radius 1 is 1.33 bits per heavy atom. The van der Waals surface area contributed by atoms with Crippen molar-refractivity contribution in [2.75, 3.05) is 18.0 Å². The third-order valence-electron chi connectivity index (χ3n) is 2.92. The van der Waals surface area contributed by atoms with E-state index < -0.39 is 11.9 Å². The maximum atomic E-state index is 12.8. The summed E-state index contributed by atoms with van der Waals surface area (Å²) in [6.45, 7) is -0.629. The molecule has 0 aliphatic carbocycles. The number of rotatable bonds is 2. The molecule has 3 rings (SSSR count). The molecule has 1 aliphatic heterocycles. The fraction of sp³-hybridized carbons (Fsp3) is 0.250. The molecule has 0 saturated carbocycles. The fourth-order valence-corrected chi connectivity index (χ4v) is 2.02. The highest BCUT2D eigenvalue weighted by Gasteiger charge is 2.43. The normalized spacial score (nSPS) is 17.8. The predicted octanol–water partition coefficient (Wildman–Crippen LogP) is 2.59. The summed E-state index contributed by atoms with van der Waals surface area (Å²) in [5.74, 6) is -3.94. The van der Waals surface area contributed by atoms with Crippen LogP contribution in [0.15, 0.2) is 28.7 Å². The van der Waals surface area contributed by atoms with Crippen molar-refractivity contribution in [1.29, 1.82) is 0 Å². The summed E-state index contributed by atoms with van der Waals surface area (Å²) >= 11 is 0. The van der Waals surface area contributed by atoms with Gasteiger partial charge in [-0.25, -0.2) is 13.6 Å². The lowest BCUT2D eigenvalue weighted by atomic mass is 10.1. The Hall–Kier alpha value is -2.11. The van der Waals surface area contributed by atoms with E-state index in [1.54, 1.807) is 18.2 Å². The molecule has 2 aromatic rings. The number of nitrogens with zero attached hydrogens (tertiary/aromatic N) is 1. The molecule has 1 aromatic heterocycles. The smallest absolute Gasteiger partial charge is 0.371 e. The number of hydrogen-bond acceptors (Lipinski definition) is 3. The maximum absolute atomic E-state index is 12.8. The zero-order valence-corrected chi connectivity index (χ0v) is 9.19. The first-order valence-corrected chi connectivity index (χ1v) is 5.34. The number of aromatic carboxylic acids is 1. The van der Waals surface area contributed by atoms with E-state index in [1.807, 2.05) is 0 Å². The largest absolute Gasteiger partial charge is 0.475 e. The summed E-state index contributed by atoms with van der Waals surface area (Å²) in [5, 5.41) is 9.43. The SMILES string of the molecule is O=C(O)c1cc2ccc(N3CC(F)(F)C3)cc2o1. The number of fused-ring (bicyclic) bond motifs is 1. The summed E-state index contributed by atoms with van der Waals surface area (Å²) in [4.78, 5) is 12.3. The van der Waals surface area contributed by atoms with E-state index in [-0.39, 0.29) is 18.8 Å². The Balaban J connectivity index is 1.94. The second-order valence-electron chi connectivity index (χ2n) is 4.35. The predicted molar refractivity (Wildman–Crippen MR) is 60.3 cm³/mol. The summed E-state index contributed by atoms with van der Waals surface area (Å²) in [6.07, 6.45) is 0. The lowest BCUT2D eigenvalue weighted by molar-refractivity contribution is -0.0262. The van der Waals surface area contributed by atoms with Crippen molar-refractivity contribution >= 4 is 22.6 Å². The molecule has 1 fully saturated rings. The van der Waals surface area contributed by atoms with E-state index in [9.17, 15) is 13.6 Å². The van der Waals surface area contributed by atoms with Gasteiger partial charge >= 0.3 is 5.97 Å². The molecule has 1 saturated heterocycles. The van der Waals surface area contributed by atoms with Gasteiger partial charge in [0.2, 0.25) is 5.76 Å². The molecule has 2 heterocycles. The average Bonchev–Trinajstić information content (AvgIpc) is 2.68. The lowest BCUT2D eigenvalue weighted by Crippen LogP contribution is -2.56. The third-order valence-corrected chi connectivity index (χ3v) is 2.92. The van der Waals surface area contributed by atoms with Crippen molar-refractivity contribution in [3.05, 3.63) is 30.0 Å². The van der Waals surface area contributed by atoms with Crippen molar-refractivity contribution in [2.45, 2.75) is 5.92 Å². The van der Waals surface area contributed by atoms with Gasteiger partial charge in [0.1, 0.15) is 5.58 Å². The summed E-state index contributed by atoms with van der Waals surface area (Å²) in [6, 6.07) is 6.33. The standard InChI is InChI=1S/C12H9F2NO3/c13-12(14)5-15(6-12)8-2-1-7-3-10(11(16)17)18-9(7)4-8/h1-4H,5-6H2,(H,16,17). The molecule has 0 spiro atoms. The van der Waals surface area contributed by atoms with E-state index >= 15 is 0 Å². The van der Waals surface area contributed by atoms with E-state index in [1.165, 1.54) is 11.0 Å². The number of carboxylic acid groups (broad SMARTS) is 1. The van der Waals surface area contributed by atoms with E-state index in [0.29, 0.717) is 16.7 Å². The van der Waals surface area contributed by atoms with Gasteiger partial charge in [0.15, 0.2) is 0 Å². The average molecular weight is 253 g/mol. The first kappa shape index (κ1) is 11.0. The van der Waals surface area contributed by atoms with Crippen LogP contribution in [-0.2, 0) is 0 Å². The number of anilines is 1. The van der Waals surface area contributed by atoms with Gasteiger partial charge in [-0.3, -0.25) is 0 Å². The molecule has 0 atom stereocenters. The Labute approximate surface area is 100 Å². The molecule has 1 N–H and O–H groups in total.